The fourth-order valence-electron chi connectivity index (χ4n) is 1.45. The van der Waals surface area contributed by atoms with E-state index in [1.54, 1.807) is 11.8 Å². The molecule has 19 heavy (non-hydrogen) atoms. The summed E-state index contributed by atoms with van der Waals surface area (Å²) in [5.41, 5.74) is 6.51. The van der Waals surface area contributed by atoms with Crippen LogP contribution in [0.1, 0.15) is 16.1 Å². The number of benzene rings is 1. The Labute approximate surface area is 115 Å². The predicted octanol–water partition coefficient (Wildman–Crippen LogP) is 2.14. The third-order valence-corrected chi connectivity index (χ3v) is 3.19. The van der Waals surface area contributed by atoms with Crippen LogP contribution in [0.5, 0.6) is 0 Å². The van der Waals surface area contributed by atoms with Crippen molar-refractivity contribution in [2.24, 2.45) is 0 Å². The first-order valence-corrected chi connectivity index (χ1v) is 6.79. The molecule has 1 aromatic heterocycles. The molecule has 5 nitrogen and oxygen atoms in total. The molecular weight excluding hydrogens is 262 g/mol. The van der Waals surface area contributed by atoms with Gasteiger partial charge in [-0.15, -0.1) is 11.8 Å². The van der Waals surface area contributed by atoms with Gasteiger partial charge in [-0.3, -0.25) is 0 Å². The Morgan fingerprint density at radius 3 is 2.58 bits per heavy atom. The Balaban J connectivity index is 1.98. The molecule has 2 N–H and O–H groups in total. The van der Waals surface area contributed by atoms with E-state index in [0.29, 0.717) is 0 Å². The molecular formula is C13H13N3O2S. The second-order valence-corrected chi connectivity index (χ2v) is 4.59. The predicted molar refractivity (Wildman–Crippen MR) is 73.8 cm³/mol. The molecule has 0 saturated heterocycles. The number of rotatable bonds is 4. The standard InChI is InChI=1S/C13H13N3O2S/c1-19-10-4-2-9(3-5-10)8-18-13(17)11-12(14)16-7-6-15-11/h2-7H,8H2,1H3,(H2,14,16). The van der Waals surface area contributed by atoms with Crippen molar-refractivity contribution in [2.45, 2.75) is 11.5 Å². The number of aromatic nitrogens is 2. The lowest BCUT2D eigenvalue weighted by atomic mass is 10.2. The van der Waals surface area contributed by atoms with Gasteiger partial charge >= 0.3 is 5.97 Å². The molecule has 0 bridgehead atoms. The van der Waals surface area contributed by atoms with Gasteiger partial charge in [0.25, 0.3) is 0 Å². The zero-order chi connectivity index (χ0) is 13.7. The van der Waals surface area contributed by atoms with Crippen LogP contribution in [0.25, 0.3) is 0 Å². The van der Waals surface area contributed by atoms with Crippen LogP contribution in [0.15, 0.2) is 41.6 Å². The molecule has 98 valence electrons. The number of carbonyl (C=O) groups excluding carboxylic acids is 1. The molecule has 0 aliphatic heterocycles. The smallest absolute Gasteiger partial charge is 0.361 e. The van der Waals surface area contributed by atoms with E-state index in [4.69, 9.17) is 10.5 Å². The Morgan fingerprint density at radius 2 is 1.95 bits per heavy atom. The molecule has 0 saturated carbocycles. The van der Waals surface area contributed by atoms with E-state index in [9.17, 15) is 4.79 Å². The summed E-state index contributed by atoms with van der Waals surface area (Å²) in [6.07, 6.45) is 4.83. The van der Waals surface area contributed by atoms with Crippen LogP contribution in [0.2, 0.25) is 0 Å². The minimum Gasteiger partial charge on any atom is -0.456 e. The Bertz CT molecular complexity index is 572. The number of ether oxygens (including phenoxy) is 1. The first-order chi connectivity index (χ1) is 9.20. The molecule has 0 atom stereocenters. The van der Waals surface area contributed by atoms with Crippen LogP contribution < -0.4 is 5.73 Å². The highest BCUT2D eigenvalue weighted by atomic mass is 32.2. The van der Waals surface area contributed by atoms with Crippen molar-refractivity contribution in [1.29, 1.82) is 0 Å². The summed E-state index contributed by atoms with van der Waals surface area (Å²) < 4.78 is 5.14. The van der Waals surface area contributed by atoms with Crippen molar-refractivity contribution in [2.75, 3.05) is 12.0 Å². The highest BCUT2D eigenvalue weighted by Crippen LogP contribution is 2.15. The highest BCUT2D eigenvalue weighted by Gasteiger charge is 2.13. The van der Waals surface area contributed by atoms with Crippen LogP contribution in [0.4, 0.5) is 5.82 Å². The SMILES string of the molecule is CSc1ccc(COC(=O)c2nccnc2N)cc1. The minimum absolute atomic E-state index is 0.0447. The molecule has 1 heterocycles. The largest absolute Gasteiger partial charge is 0.456 e. The Kier molecular flexibility index (Phi) is 4.35. The van der Waals surface area contributed by atoms with E-state index >= 15 is 0 Å². The molecule has 2 rings (SSSR count). The lowest BCUT2D eigenvalue weighted by molar-refractivity contribution is 0.0466. The number of nitrogen functional groups attached to an aromatic ring is 1. The fraction of sp³-hybridized carbons (Fsp3) is 0.154. The van der Waals surface area contributed by atoms with E-state index in [1.807, 2.05) is 30.5 Å². The van der Waals surface area contributed by atoms with Crippen molar-refractivity contribution < 1.29 is 9.53 Å². The lowest BCUT2D eigenvalue weighted by Gasteiger charge is -2.06. The number of carbonyl (C=O) groups is 1. The molecule has 0 aliphatic rings. The van der Waals surface area contributed by atoms with E-state index in [1.165, 1.54) is 12.4 Å². The maximum Gasteiger partial charge on any atom is 0.361 e. The number of esters is 1. The highest BCUT2D eigenvalue weighted by molar-refractivity contribution is 7.98. The van der Waals surface area contributed by atoms with Crippen LogP contribution in [0.3, 0.4) is 0 Å². The van der Waals surface area contributed by atoms with Crippen molar-refractivity contribution in [3.8, 4) is 0 Å². The van der Waals surface area contributed by atoms with Crippen molar-refractivity contribution >= 4 is 23.5 Å². The molecule has 0 unspecified atom stereocenters. The van der Waals surface area contributed by atoms with Gasteiger partial charge in [0.05, 0.1) is 0 Å². The molecule has 0 spiro atoms. The monoisotopic (exact) mass is 275 g/mol. The normalized spacial score (nSPS) is 10.2. The zero-order valence-corrected chi connectivity index (χ0v) is 11.2. The van der Waals surface area contributed by atoms with Gasteiger partial charge < -0.3 is 10.5 Å². The van der Waals surface area contributed by atoms with Crippen LogP contribution in [-0.4, -0.2) is 22.2 Å². The molecule has 6 heteroatoms. The molecule has 0 radical (unpaired) electrons. The number of nitrogens with zero attached hydrogens (tertiary/aromatic N) is 2. The van der Waals surface area contributed by atoms with E-state index in [-0.39, 0.29) is 18.1 Å². The summed E-state index contributed by atoms with van der Waals surface area (Å²) in [4.78, 5) is 20.6. The number of nitrogens with two attached hydrogens (primary N) is 1. The van der Waals surface area contributed by atoms with Crippen molar-refractivity contribution in [1.82, 2.24) is 9.97 Å². The summed E-state index contributed by atoms with van der Waals surface area (Å²) in [5.74, 6) is -0.496. The summed E-state index contributed by atoms with van der Waals surface area (Å²) in [5, 5.41) is 0. The molecule has 2 aromatic rings. The van der Waals surface area contributed by atoms with Gasteiger partial charge in [0.1, 0.15) is 6.61 Å². The van der Waals surface area contributed by atoms with Crippen molar-refractivity contribution in [3.63, 3.8) is 0 Å². The number of hydrogen-bond acceptors (Lipinski definition) is 6. The minimum atomic E-state index is -0.570. The second-order valence-electron chi connectivity index (χ2n) is 3.71. The molecule has 0 fully saturated rings. The molecule has 0 aliphatic carbocycles. The van der Waals surface area contributed by atoms with Crippen LogP contribution in [-0.2, 0) is 11.3 Å². The second kappa shape index (κ2) is 6.19. The number of hydrogen-bond donors (Lipinski definition) is 1. The van der Waals surface area contributed by atoms with E-state index in [2.05, 4.69) is 9.97 Å². The number of anilines is 1. The van der Waals surface area contributed by atoms with Crippen LogP contribution in [0, 0.1) is 0 Å². The average molecular weight is 275 g/mol. The van der Waals surface area contributed by atoms with Gasteiger partial charge in [0.15, 0.2) is 11.5 Å². The van der Waals surface area contributed by atoms with E-state index in [0.717, 1.165) is 10.5 Å². The van der Waals surface area contributed by atoms with Crippen molar-refractivity contribution in [3.05, 3.63) is 47.9 Å². The quantitative estimate of drug-likeness (QED) is 0.680. The Hall–Kier alpha value is -2.08. The fourth-order valence-corrected chi connectivity index (χ4v) is 1.85. The number of thioether (sulfide) groups is 1. The summed E-state index contributed by atoms with van der Waals surface area (Å²) in [7, 11) is 0. The topological polar surface area (TPSA) is 78.1 Å². The van der Waals surface area contributed by atoms with Gasteiger partial charge in [-0.05, 0) is 24.0 Å². The summed E-state index contributed by atoms with van der Waals surface area (Å²) >= 11 is 1.66. The van der Waals surface area contributed by atoms with E-state index < -0.39 is 5.97 Å². The van der Waals surface area contributed by atoms with Crippen LogP contribution >= 0.6 is 11.8 Å². The zero-order valence-electron chi connectivity index (χ0n) is 10.4. The average Bonchev–Trinajstić information content (AvgIpc) is 2.46. The third kappa shape index (κ3) is 3.45. The summed E-state index contributed by atoms with van der Waals surface area (Å²) in [6, 6.07) is 7.79. The van der Waals surface area contributed by atoms with Gasteiger partial charge in [0.2, 0.25) is 0 Å². The maximum atomic E-state index is 11.8. The Morgan fingerprint density at radius 1 is 1.26 bits per heavy atom. The van der Waals surface area contributed by atoms with Gasteiger partial charge in [-0.2, -0.15) is 0 Å². The lowest BCUT2D eigenvalue weighted by Crippen LogP contribution is -2.11. The first-order valence-electron chi connectivity index (χ1n) is 5.57. The molecule has 1 aromatic carbocycles. The van der Waals surface area contributed by atoms with Gasteiger partial charge in [-0.25, -0.2) is 14.8 Å². The third-order valence-electron chi connectivity index (χ3n) is 2.45. The summed E-state index contributed by atoms with van der Waals surface area (Å²) in [6.45, 7) is 0.184. The van der Waals surface area contributed by atoms with Gasteiger partial charge in [-0.1, -0.05) is 12.1 Å². The molecule has 0 amide bonds. The van der Waals surface area contributed by atoms with Gasteiger partial charge in [0, 0.05) is 17.3 Å². The maximum absolute atomic E-state index is 11.8. The first kappa shape index (κ1) is 13.4.